The summed E-state index contributed by atoms with van der Waals surface area (Å²) >= 11 is 0. The molecule has 28 heavy (non-hydrogen) atoms. The van der Waals surface area contributed by atoms with E-state index in [0.717, 1.165) is 38.1 Å². The van der Waals surface area contributed by atoms with E-state index in [1.54, 1.807) is 17.0 Å². The van der Waals surface area contributed by atoms with Gasteiger partial charge in [0, 0.05) is 26.2 Å². The number of nitrogens with zero attached hydrogens (tertiary/aromatic N) is 2. The highest BCUT2D eigenvalue weighted by Crippen LogP contribution is 2.16. The highest BCUT2D eigenvalue weighted by Gasteiger charge is 2.22. The van der Waals surface area contributed by atoms with E-state index in [9.17, 15) is 9.59 Å². The second kappa shape index (κ2) is 11.7. The number of unbranched alkanes of at least 4 members (excludes halogenated alkanes) is 1. The van der Waals surface area contributed by atoms with Crippen LogP contribution in [0.15, 0.2) is 16.5 Å². The van der Waals surface area contributed by atoms with Crippen molar-refractivity contribution in [1.82, 2.24) is 9.80 Å². The number of rotatable bonds is 9. The molecule has 0 N–H and O–H groups in total. The first-order valence-electron chi connectivity index (χ1n) is 10.4. The second-order valence-electron chi connectivity index (χ2n) is 7.37. The lowest BCUT2D eigenvalue weighted by Gasteiger charge is -2.22. The van der Waals surface area contributed by atoms with Gasteiger partial charge >= 0.3 is 12.1 Å². The molecule has 0 radical (unpaired) electrons. The minimum atomic E-state index is -0.472. The van der Waals surface area contributed by atoms with Crippen LogP contribution in [0.5, 0.6) is 0 Å². The van der Waals surface area contributed by atoms with Crippen molar-refractivity contribution in [2.24, 2.45) is 5.92 Å². The maximum atomic E-state index is 12.4. The van der Waals surface area contributed by atoms with Gasteiger partial charge in [0.2, 0.25) is 5.76 Å². The Morgan fingerprint density at radius 1 is 1.18 bits per heavy atom. The Morgan fingerprint density at radius 3 is 2.71 bits per heavy atom. The van der Waals surface area contributed by atoms with Crippen molar-refractivity contribution in [3.05, 3.63) is 23.7 Å². The number of hydrogen-bond acceptors (Lipinski definition) is 6. The van der Waals surface area contributed by atoms with E-state index < -0.39 is 5.97 Å². The third-order valence-electron chi connectivity index (χ3n) is 5.26. The van der Waals surface area contributed by atoms with Crippen molar-refractivity contribution in [2.45, 2.75) is 52.5 Å². The fourth-order valence-electron chi connectivity index (χ4n) is 3.38. The third kappa shape index (κ3) is 6.86. The molecule has 1 unspecified atom stereocenters. The van der Waals surface area contributed by atoms with E-state index in [1.807, 2.05) is 0 Å². The molecular formula is C21H34N2O5. The summed E-state index contributed by atoms with van der Waals surface area (Å²) in [6.07, 6.45) is 5.18. The fraction of sp³-hybridized carbons (Fsp3) is 0.714. The van der Waals surface area contributed by atoms with Crippen LogP contribution in [-0.2, 0) is 16.0 Å². The second-order valence-corrected chi connectivity index (χ2v) is 7.37. The number of carbonyl (C=O) groups is 2. The lowest BCUT2D eigenvalue weighted by Crippen LogP contribution is -2.36. The average molecular weight is 395 g/mol. The molecule has 0 bridgehead atoms. The smallest absolute Gasteiger partial charge is 0.409 e. The molecule has 1 saturated heterocycles. The SMILES string of the molecule is CCCCC(CC)COC(=O)N1CCCN(Cc2ccc(C(=O)OC)o2)CC1. The molecule has 0 saturated carbocycles. The molecule has 158 valence electrons. The summed E-state index contributed by atoms with van der Waals surface area (Å²) in [4.78, 5) is 28.0. The Balaban J connectivity index is 1.78. The molecule has 1 fully saturated rings. The minimum absolute atomic E-state index is 0.206. The number of ether oxygens (including phenoxy) is 2. The van der Waals surface area contributed by atoms with E-state index >= 15 is 0 Å². The lowest BCUT2D eigenvalue weighted by molar-refractivity contribution is 0.0560. The highest BCUT2D eigenvalue weighted by atomic mass is 16.6. The number of furan rings is 1. The van der Waals surface area contributed by atoms with Crippen LogP contribution >= 0.6 is 0 Å². The van der Waals surface area contributed by atoms with Crippen molar-refractivity contribution in [3.8, 4) is 0 Å². The van der Waals surface area contributed by atoms with E-state index in [-0.39, 0.29) is 11.9 Å². The molecule has 7 nitrogen and oxygen atoms in total. The Bertz CT molecular complexity index is 616. The fourth-order valence-corrected chi connectivity index (χ4v) is 3.38. The number of hydrogen-bond donors (Lipinski definition) is 0. The Kier molecular flexibility index (Phi) is 9.34. The van der Waals surface area contributed by atoms with Crippen LogP contribution in [0.2, 0.25) is 0 Å². The molecule has 0 aliphatic carbocycles. The van der Waals surface area contributed by atoms with Gasteiger partial charge in [0.15, 0.2) is 0 Å². The van der Waals surface area contributed by atoms with Crippen LogP contribution < -0.4 is 0 Å². The molecule has 1 aliphatic heterocycles. The van der Waals surface area contributed by atoms with Crippen LogP contribution in [0.1, 0.15) is 62.3 Å². The van der Waals surface area contributed by atoms with Crippen molar-refractivity contribution < 1.29 is 23.5 Å². The van der Waals surface area contributed by atoms with Gasteiger partial charge in [0.05, 0.1) is 20.3 Å². The summed E-state index contributed by atoms with van der Waals surface area (Å²) < 4.78 is 15.8. The molecule has 2 rings (SSSR count). The zero-order chi connectivity index (χ0) is 20.4. The summed E-state index contributed by atoms with van der Waals surface area (Å²) in [6.45, 7) is 8.40. The van der Waals surface area contributed by atoms with E-state index in [0.29, 0.717) is 32.2 Å². The van der Waals surface area contributed by atoms with Gasteiger partial charge in [-0.1, -0.05) is 33.1 Å². The summed E-state index contributed by atoms with van der Waals surface area (Å²) in [5.74, 6) is 0.917. The molecule has 1 aromatic heterocycles. The van der Waals surface area contributed by atoms with Gasteiger partial charge < -0.3 is 18.8 Å². The van der Waals surface area contributed by atoms with E-state index in [1.165, 1.54) is 20.0 Å². The molecule has 1 amide bonds. The zero-order valence-corrected chi connectivity index (χ0v) is 17.4. The number of methoxy groups -OCH3 is 1. The Hall–Kier alpha value is -2.02. The van der Waals surface area contributed by atoms with Crippen LogP contribution in [0.3, 0.4) is 0 Å². The van der Waals surface area contributed by atoms with Gasteiger partial charge in [-0.15, -0.1) is 0 Å². The first kappa shape index (κ1) is 22.3. The molecule has 7 heteroatoms. The molecule has 2 heterocycles. The van der Waals surface area contributed by atoms with Gasteiger partial charge in [-0.05, 0) is 30.9 Å². The van der Waals surface area contributed by atoms with Crippen LogP contribution in [-0.4, -0.2) is 61.8 Å². The standard InChI is InChI=1S/C21H34N2O5/c1-4-6-8-17(5-2)16-27-21(25)23-12-7-11-22(13-14-23)15-18-9-10-19(28-18)20(24)26-3/h9-10,17H,4-8,11-16H2,1-3H3. The van der Waals surface area contributed by atoms with Crippen LogP contribution in [0.25, 0.3) is 0 Å². The first-order valence-corrected chi connectivity index (χ1v) is 10.4. The van der Waals surface area contributed by atoms with Gasteiger partial charge in [-0.25, -0.2) is 9.59 Å². The van der Waals surface area contributed by atoms with Gasteiger partial charge in [-0.2, -0.15) is 0 Å². The summed E-state index contributed by atoms with van der Waals surface area (Å²) in [5.41, 5.74) is 0. The van der Waals surface area contributed by atoms with E-state index in [4.69, 9.17) is 9.15 Å². The summed E-state index contributed by atoms with van der Waals surface area (Å²) in [5, 5.41) is 0. The average Bonchev–Trinajstić information content (AvgIpc) is 3.05. The summed E-state index contributed by atoms with van der Waals surface area (Å²) in [6, 6.07) is 3.43. The third-order valence-corrected chi connectivity index (χ3v) is 5.26. The zero-order valence-electron chi connectivity index (χ0n) is 17.4. The largest absolute Gasteiger partial charge is 0.463 e. The molecule has 1 aliphatic rings. The molecule has 0 aromatic carbocycles. The predicted octanol–water partition coefficient (Wildman–Crippen LogP) is 3.93. The van der Waals surface area contributed by atoms with Gasteiger partial charge in [0.1, 0.15) is 5.76 Å². The topological polar surface area (TPSA) is 72.2 Å². The number of esters is 1. The Morgan fingerprint density at radius 2 is 2.00 bits per heavy atom. The van der Waals surface area contributed by atoms with Crippen molar-refractivity contribution >= 4 is 12.1 Å². The van der Waals surface area contributed by atoms with Crippen LogP contribution in [0.4, 0.5) is 4.79 Å². The van der Waals surface area contributed by atoms with Crippen molar-refractivity contribution in [2.75, 3.05) is 39.9 Å². The maximum absolute atomic E-state index is 12.4. The van der Waals surface area contributed by atoms with Gasteiger partial charge in [-0.3, -0.25) is 4.90 Å². The Labute approximate surface area is 167 Å². The molecule has 1 aromatic rings. The predicted molar refractivity (Wildman–Crippen MR) is 106 cm³/mol. The first-order chi connectivity index (χ1) is 13.6. The van der Waals surface area contributed by atoms with Crippen molar-refractivity contribution in [3.63, 3.8) is 0 Å². The summed E-state index contributed by atoms with van der Waals surface area (Å²) in [7, 11) is 1.33. The van der Waals surface area contributed by atoms with Crippen LogP contribution in [0, 0.1) is 5.92 Å². The number of amides is 1. The molecule has 1 atom stereocenters. The monoisotopic (exact) mass is 394 g/mol. The minimum Gasteiger partial charge on any atom is -0.463 e. The quantitative estimate of drug-likeness (QED) is 0.591. The van der Waals surface area contributed by atoms with Crippen molar-refractivity contribution in [1.29, 1.82) is 0 Å². The van der Waals surface area contributed by atoms with Gasteiger partial charge in [0.25, 0.3) is 0 Å². The molecular weight excluding hydrogens is 360 g/mol. The lowest BCUT2D eigenvalue weighted by atomic mass is 10.0. The normalized spacial score (nSPS) is 16.5. The van der Waals surface area contributed by atoms with E-state index in [2.05, 4.69) is 23.5 Å². The number of carbonyl (C=O) groups excluding carboxylic acids is 2. The maximum Gasteiger partial charge on any atom is 0.409 e. The highest BCUT2D eigenvalue weighted by molar-refractivity contribution is 5.86. The molecule has 0 spiro atoms.